The fraction of sp³-hybridized carbons (Fsp3) is 0.273. The van der Waals surface area contributed by atoms with Gasteiger partial charge in [-0.1, -0.05) is 36.0 Å². The van der Waals surface area contributed by atoms with E-state index in [1.807, 2.05) is 60.9 Å². The van der Waals surface area contributed by atoms with Crippen molar-refractivity contribution in [3.05, 3.63) is 71.0 Å². The van der Waals surface area contributed by atoms with Gasteiger partial charge in [-0.15, -0.1) is 0 Å². The molecule has 1 aromatic heterocycles. The number of hydrogen-bond acceptors (Lipinski definition) is 5. The van der Waals surface area contributed by atoms with Crippen LogP contribution in [0.1, 0.15) is 22.4 Å². The topological polar surface area (TPSA) is 76.4 Å². The van der Waals surface area contributed by atoms with Crippen LogP contribution in [0, 0.1) is 13.8 Å². The van der Waals surface area contributed by atoms with E-state index in [0.29, 0.717) is 17.4 Å². The normalized spacial score (nSPS) is 10.8. The number of aliphatic hydroxyl groups excluding tert-OH is 1. The van der Waals surface area contributed by atoms with Gasteiger partial charge in [0, 0.05) is 12.2 Å². The molecule has 0 fully saturated rings. The van der Waals surface area contributed by atoms with Crippen molar-refractivity contribution in [1.82, 2.24) is 9.55 Å². The van der Waals surface area contributed by atoms with Crippen LogP contribution in [0.4, 0.5) is 5.69 Å². The Kier molecular flexibility index (Phi) is 6.95. The predicted octanol–water partition coefficient (Wildman–Crippen LogP) is 3.78. The molecule has 0 bridgehead atoms. The number of carbonyl (C=O) groups excluding carboxylic acids is 1. The number of aryl methyl sites for hydroxylation is 2. The van der Waals surface area contributed by atoms with Crippen molar-refractivity contribution in [2.45, 2.75) is 32.2 Å². The lowest BCUT2D eigenvalue weighted by atomic mass is 10.1. The Morgan fingerprint density at radius 3 is 2.66 bits per heavy atom. The first-order chi connectivity index (χ1) is 14.0. The quantitative estimate of drug-likeness (QED) is 0.552. The maximum Gasteiger partial charge on any atom is 0.234 e. The minimum atomic E-state index is -0.113. The van der Waals surface area contributed by atoms with Gasteiger partial charge in [-0.25, -0.2) is 4.98 Å². The number of anilines is 1. The van der Waals surface area contributed by atoms with E-state index in [2.05, 4.69) is 10.3 Å². The molecular formula is C22H25N3O3S. The van der Waals surface area contributed by atoms with Crippen molar-refractivity contribution in [2.24, 2.45) is 0 Å². The average molecular weight is 412 g/mol. The van der Waals surface area contributed by atoms with Crippen molar-refractivity contribution >= 4 is 23.4 Å². The number of aliphatic hydroxyl groups is 1. The van der Waals surface area contributed by atoms with Crippen LogP contribution in [-0.2, 0) is 17.9 Å². The third-order valence-corrected chi connectivity index (χ3v) is 5.55. The Morgan fingerprint density at radius 1 is 1.21 bits per heavy atom. The summed E-state index contributed by atoms with van der Waals surface area (Å²) in [5.41, 5.74) is 4.71. The molecule has 2 aromatic carbocycles. The lowest BCUT2D eigenvalue weighted by Crippen LogP contribution is -2.16. The molecule has 0 atom stereocenters. The molecule has 0 aliphatic rings. The molecular weight excluding hydrogens is 386 g/mol. The second kappa shape index (κ2) is 9.62. The molecule has 6 nitrogen and oxygen atoms in total. The Morgan fingerprint density at radius 2 is 1.97 bits per heavy atom. The molecule has 0 aliphatic heterocycles. The molecule has 0 radical (unpaired) electrons. The van der Waals surface area contributed by atoms with E-state index in [0.717, 1.165) is 28.1 Å². The van der Waals surface area contributed by atoms with E-state index in [9.17, 15) is 9.90 Å². The number of aromatic nitrogens is 2. The number of amides is 1. The van der Waals surface area contributed by atoms with Crippen molar-refractivity contribution in [3.63, 3.8) is 0 Å². The number of nitrogens with zero attached hydrogens (tertiary/aromatic N) is 2. The second-order valence-corrected chi connectivity index (χ2v) is 7.72. The van der Waals surface area contributed by atoms with Crippen molar-refractivity contribution in [3.8, 4) is 5.75 Å². The third kappa shape index (κ3) is 5.40. The highest BCUT2D eigenvalue weighted by molar-refractivity contribution is 7.99. The Labute approximate surface area is 174 Å². The zero-order chi connectivity index (χ0) is 20.8. The summed E-state index contributed by atoms with van der Waals surface area (Å²) < 4.78 is 7.12. The number of carbonyl (C=O) groups is 1. The van der Waals surface area contributed by atoms with Crippen LogP contribution < -0.4 is 10.1 Å². The van der Waals surface area contributed by atoms with E-state index in [-0.39, 0.29) is 18.3 Å². The molecule has 7 heteroatoms. The zero-order valence-corrected chi connectivity index (χ0v) is 17.6. The van der Waals surface area contributed by atoms with Crippen LogP contribution in [0.3, 0.4) is 0 Å². The third-order valence-electron chi connectivity index (χ3n) is 4.56. The first kappa shape index (κ1) is 21.0. The minimum absolute atomic E-state index is 0.0896. The van der Waals surface area contributed by atoms with E-state index >= 15 is 0 Å². The van der Waals surface area contributed by atoms with Gasteiger partial charge in [0.2, 0.25) is 5.91 Å². The second-order valence-electron chi connectivity index (χ2n) is 6.78. The molecule has 29 heavy (non-hydrogen) atoms. The first-order valence-electron chi connectivity index (χ1n) is 9.28. The average Bonchev–Trinajstić information content (AvgIpc) is 3.11. The Balaban J connectivity index is 1.68. The first-order valence-corrected chi connectivity index (χ1v) is 10.3. The Hall–Kier alpha value is -2.77. The van der Waals surface area contributed by atoms with Crippen LogP contribution in [-0.4, -0.2) is 33.4 Å². The summed E-state index contributed by atoms with van der Waals surface area (Å²) in [6.45, 7) is 4.41. The molecule has 0 aliphatic carbocycles. The summed E-state index contributed by atoms with van der Waals surface area (Å²) in [7, 11) is 1.63. The Bertz CT molecular complexity index is 983. The molecule has 3 rings (SSSR count). The van der Waals surface area contributed by atoms with Crippen LogP contribution in [0.25, 0.3) is 0 Å². The molecule has 0 spiro atoms. The number of methoxy groups -OCH3 is 1. The number of hydrogen-bond donors (Lipinski definition) is 2. The highest BCUT2D eigenvalue weighted by Crippen LogP contribution is 2.22. The van der Waals surface area contributed by atoms with Crippen LogP contribution in [0.2, 0.25) is 0 Å². The van der Waals surface area contributed by atoms with Crippen LogP contribution in [0.15, 0.2) is 53.8 Å². The standard InChI is InChI=1S/C22H25N3O3S/c1-15-4-5-16(2)20(10-15)24-21(27)14-29-22-23-11-18(13-26)25(22)12-17-6-8-19(28-3)9-7-17/h4-11,26H,12-14H2,1-3H3,(H,24,27). The van der Waals surface area contributed by atoms with E-state index in [1.54, 1.807) is 13.3 Å². The molecule has 0 unspecified atom stereocenters. The van der Waals surface area contributed by atoms with Gasteiger partial charge in [-0.2, -0.15) is 0 Å². The van der Waals surface area contributed by atoms with Gasteiger partial charge in [0.25, 0.3) is 0 Å². The molecule has 1 heterocycles. The smallest absolute Gasteiger partial charge is 0.234 e. The number of nitrogens with one attached hydrogen (secondary N) is 1. The number of thioether (sulfide) groups is 1. The maximum absolute atomic E-state index is 12.4. The van der Waals surface area contributed by atoms with Gasteiger partial charge >= 0.3 is 0 Å². The highest BCUT2D eigenvalue weighted by Gasteiger charge is 2.13. The summed E-state index contributed by atoms with van der Waals surface area (Å²) in [5.74, 6) is 0.936. The zero-order valence-electron chi connectivity index (χ0n) is 16.8. The van der Waals surface area contributed by atoms with Crippen LogP contribution in [0.5, 0.6) is 5.75 Å². The highest BCUT2D eigenvalue weighted by atomic mass is 32.2. The fourth-order valence-corrected chi connectivity index (χ4v) is 3.70. The van der Waals surface area contributed by atoms with E-state index < -0.39 is 0 Å². The monoisotopic (exact) mass is 411 g/mol. The van der Waals surface area contributed by atoms with Crippen LogP contribution >= 0.6 is 11.8 Å². The molecule has 1 amide bonds. The summed E-state index contributed by atoms with van der Waals surface area (Å²) in [5, 5.41) is 13.3. The summed E-state index contributed by atoms with van der Waals surface area (Å²) in [6.07, 6.45) is 1.65. The lowest BCUT2D eigenvalue weighted by Gasteiger charge is -2.12. The fourth-order valence-electron chi connectivity index (χ4n) is 2.90. The molecule has 152 valence electrons. The number of rotatable bonds is 8. The van der Waals surface area contributed by atoms with E-state index in [4.69, 9.17) is 4.74 Å². The van der Waals surface area contributed by atoms with Gasteiger partial charge in [-0.05, 0) is 48.7 Å². The maximum atomic E-state index is 12.4. The summed E-state index contributed by atoms with van der Waals surface area (Å²) >= 11 is 1.35. The van der Waals surface area contributed by atoms with Gasteiger partial charge in [-0.3, -0.25) is 4.79 Å². The van der Waals surface area contributed by atoms with Crippen molar-refractivity contribution in [1.29, 1.82) is 0 Å². The van der Waals surface area contributed by atoms with E-state index in [1.165, 1.54) is 11.8 Å². The van der Waals surface area contributed by atoms with Gasteiger partial charge in [0.05, 0.1) is 31.4 Å². The summed E-state index contributed by atoms with van der Waals surface area (Å²) in [6, 6.07) is 13.7. The molecule has 0 saturated heterocycles. The molecule has 2 N–H and O–H groups in total. The predicted molar refractivity (Wildman–Crippen MR) is 116 cm³/mol. The minimum Gasteiger partial charge on any atom is -0.497 e. The lowest BCUT2D eigenvalue weighted by molar-refractivity contribution is -0.113. The SMILES string of the molecule is COc1ccc(Cn2c(CO)cnc2SCC(=O)Nc2cc(C)ccc2C)cc1. The largest absolute Gasteiger partial charge is 0.497 e. The number of ether oxygens (including phenoxy) is 1. The number of imidazole rings is 1. The van der Waals surface area contributed by atoms with Gasteiger partial charge in [0.15, 0.2) is 5.16 Å². The molecule has 3 aromatic rings. The number of benzene rings is 2. The summed E-state index contributed by atoms with van der Waals surface area (Å²) in [4.78, 5) is 16.8. The molecule has 0 saturated carbocycles. The van der Waals surface area contributed by atoms with Crippen molar-refractivity contribution < 1.29 is 14.6 Å². The van der Waals surface area contributed by atoms with Gasteiger partial charge in [0.1, 0.15) is 5.75 Å². The van der Waals surface area contributed by atoms with Crippen molar-refractivity contribution in [2.75, 3.05) is 18.2 Å². The van der Waals surface area contributed by atoms with Gasteiger partial charge < -0.3 is 19.7 Å².